The second kappa shape index (κ2) is 7.09. The fraction of sp³-hybridized carbons (Fsp3) is 0.647. The third kappa shape index (κ3) is 3.97. The molecule has 1 aliphatic carbocycles. The van der Waals surface area contributed by atoms with Gasteiger partial charge in [-0.05, 0) is 48.8 Å². The Morgan fingerprint density at radius 2 is 1.90 bits per heavy atom. The van der Waals surface area contributed by atoms with Crippen molar-refractivity contribution in [1.29, 1.82) is 0 Å². The molecule has 0 aliphatic heterocycles. The average Bonchev–Trinajstić information content (AvgIpc) is 2.40. The van der Waals surface area contributed by atoms with Crippen LogP contribution in [0.3, 0.4) is 0 Å². The van der Waals surface area contributed by atoms with E-state index in [1.807, 2.05) is 12.1 Å². The highest BCUT2D eigenvalue weighted by Gasteiger charge is 2.31. The molecule has 0 radical (unpaired) electrons. The quantitative estimate of drug-likeness (QED) is 0.805. The third-order valence-electron chi connectivity index (χ3n) is 4.17. The molecule has 0 spiro atoms. The van der Waals surface area contributed by atoms with E-state index in [1.165, 1.54) is 18.4 Å². The molecule has 1 aromatic carbocycles. The van der Waals surface area contributed by atoms with E-state index in [2.05, 4.69) is 31.3 Å². The summed E-state index contributed by atoms with van der Waals surface area (Å²) in [6.45, 7) is 4.64. The van der Waals surface area contributed by atoms with Crippen molar-refractivity contribution >= 4 is 0 Å². The van der Waals surface area contributed by atoms with Crippen molar-refractivity contribution < 1.29 is 9.84 Å². The van der Waals surface area contributed by atoms with Gasteiger partial charge in [-0.2, -0.15) is 0 Å². The van der Waals surface area contributed by atoms with Crippen LogP contribution in [0.5, 0.6) is 5.75 Å². The monoisotopic (exact) mass is 277 g/mol. The Kier molecular flexibility index (Phi) is 5.44. The van der Waals surface area contributed by atoms with Crippen molar-refractivity contribution in [1.82, 2.24) is 5.32 Å². The minimum Gasteiger partial charge on any atom is -0.497 e. The maximum Gasteiger partial charge on any atom is 0.118 e. The lowest BCUT2D eigenvalue weighted by atomic mass is 9.75. The number of methoxy groups -OCH3 is 1. The molecule has 1 aliphatic rings. The number of aliphatic hydroxyl groups excluding tert-OH is 1. The minimum absolute atomic E-state index is 0.238. The van der Waals surface area contributed by atoms with Crippen LogP contribution in [0.4, 0.5) is 0 Å². The largest absolute Gasteiger partial charge is 0.497 e. The van der Waals surface area contributed by atoms with Crippen molar-refractivity contribution in [2.75, 3.05) is 13.7 Å². The van der Waals surface area contributed by atoms with Crippen molar-refractivity contribution in [2.24, 2.45) is 5.92 Å². The zero-order valence-electron chi connectivity index (χ0n) is 12.8. The Morgan fingerprint density at radius 3 is 2.40 bits per heavy atom. The molecule has 0 saturated heterocycles. The molecule has 3 heteroatoms. The average molecular weight is 277 g/mol. The summed E-state index contributed by atoms with van der Waals surface area (Å²) in [5, 5.41) is 13.0. The van der Waals surface area contributed by atoms with Gasteiger partial charge in [0.25, 0.3) is 0 Å². The van der Waals surface area contributed by atoms with Crippen LogP contribution < -0.4 is 10.1 Å². The number of hydrogen-bond donors (Lipinski definition) is 2. The topological polar surface area (TPSA) is 41.5 Å². The number of ether oxygens (including phenoxy) is 1. The van der Waals surface area contributed by atoms with Crippen molar-refractivity contribution in [3.05, 3.63) is 29.8 Å². The second-order valence-corrected chi connectivity index (χ2v) is 6.31. The Morgan fingerprint density at radius 1 is 1.25 bits per heavy atom. The van der Waals surface area contributed by atoms with E-state index in [-0.39, 0.29) is 12.6 Å². The maximum absolute atomic E-state index is 9.41. The standard InChI is InChI=1S/C17H27NO2/c1-12(2)8-16(11-19)18-15-9-14(10-15)13-4-6-17(20-3)7-5-13/h4-7,12,14-16,18-19H,8-11H2,1-3H3. The van der Waals surface area contributed by atoms with Crippen LogP contribution in [-0.4, -0.2) is 30.9 Å². The van der Waals surface area contributed by atoms with E-state index in [9.17, 15) is 5.11 Å². The number of nitrogens with one attached hydrogen (secondary N) is 1. The van der Waals surface area contributed by atoms with E-state index >= 15 is 0 Å². The Bertz CT molecular complexity index is 396. The predicted molar refractivity (Wildman–Crippen MR) is 82.2 cm³/mol. The molecule has 3 nitrogen and oxygen atoms in total. The summed E-state index contributed by atoms with van der Waals surface area (Å²) in [5.74, 6) is 2.19. The summed E-state index contributed by atoms with van der Waals surface area (Å²) in [7, 11) is 1.70. The molecule has 0 heterocycles. The summed E-state index contributed by atoms with van der Waals surface area (Å²) in [6, 6.07) is 9.20. The number of aliphatic hydroxyl groups is 1. The Hall–Kier alpha value is -1.06. The lowest BCUT2D eigenvalue weighted by Crippen LogP contribution is -2.47. The van der Waals surface area contributed by atoms with Crippen LogP contribution in [-0.2, 0) is 0 Å². The van der Waals surface area contributed by atoms with Gasteiger partial charge in [0.15, 0.2) is 0 Å². The molecule has 0 amide bonds. The maximum atomic E-state index is 9.41. The Labute approximate surface area is 122 Å². The first-order valence-electron chi connectivity index (χ1n) is 7.63. The fourth-order valence-electron chi connectivity index (χ4n) is 3.00. The molecular formula is C17H27NO2. The van der Waals surface area contributed by atoms with Crippen molar-refractivity contribution in [3.63, 3.8) is 0 Å². The SMILES string of the molecule is COc1ccc(C2CC(NC(CO)CC(C)C)C2)cc1. The molecule has 1 atom stereocenters. The molecule has 1 unspecified atom stereocenters. The van der Waals surface area contributed by atoms with Gasteiger partial charge in [-0.3, -0.25) is 0 Å². The first kappa shape index (κ1) is 15.3. The van der Waals surface area contributed by atoms with Crippen molar-refractivity contribution in [2.45, 2.75) is 51.1 Å². The summed E-state index contributed by atoms with van der Waals surface area (Å²) in [6.07, 6.45) is 3.38. The molecule has 2 rings (SSSR count). The van der Waals surface area contributed by atoms with E-state index < -0.39 is 0 Å². The molecule has 0 bridgehead atoms. The van der Waals surface area contributed by atoms with Crippen LogP contribution in [0.1, 0.15) is 44.6 Å². The molecular weight excluding hydrogens is 250 g/mol. The van der Waals surface area contributed by atoms with Gasteiger partial charge in [0.1, 0.15) is 5.75 Å². The zero-order valence-corrected chi connectivity index (χ0v) is 12.8. The van der Waals surface area contributed by atoms with Gasteiger partial charge in [-0.15, -0.1) is 0 Å². The van der Waals surface area contributed by atoms with E-state index in [1.54, 1.807) is 7.11 Å². The van der Waals surface area contributed by atoms with Gasteiger partial charge >= 0.3 is 0 Å². The number of hydrogen-bond acceptors (Lipinski definition) is 3. The van der Waals surface area contributed by atoms with Crippen LogP contribution in [0.2, 0.25) is 0 Å². The van der Waals surface area contributed by atoms with Crippen LogP contribution >= 0.6 is 0 Å². The first-order valence-corrected chi connectivity index (χ1v) is 7.63. The zero-order chi connectivity index (χ0) is 14.5. The Balaban J connectivity index is 1.78. The van der Waals surface area contributed by atoms with Gasteiger partial charge in [-0.1, -0.05) is 26.0 Å². The van der Waals surface area contributed by atoms with E-state index in [0.29, 0.717) is 17.9 Å². The van der Waals surface area contributed by atoms with Gasteiger partial charge in [0.2, 0.25) is 0 Å². The highest BCUT2D eigenvalue weighted by atomic mass is 16.5. The smallest absolute Gasteiger partial charge is 0.118 e. The van der Waals surface area contributed by atoms with Gasteiger partial charge in [0.05, 0.1) is 13.7 Å². The van der Waals surface area contributed by atoms with Gasteiger partial charge in [0, 0.05) is 12.1 Å². The molecule has 1 saturated carbocycles. The second-order valence-electron chi connectivity index (χ2n) is 6.31. The van der Waals surface area contributed by atoms with E-state index in [0.717, 1.165) is 12.2 Å². The minimum atomic E-state index is 0.238. The molecule has 2 N–H and O–H groups in total. The lowest BCUT2D eigenvalue weighted by Gasteiger charge is -2.39. The normalized spacial score (nSPS) is 23.4. The highest BCUT2D eigenvalue weighted by Crippen LogP contribution is 2.37. The molecule has 112 valence electrons. The lowest BCUT2D eigenvalue weighted by molar-refractivity contribution is 0.181. The first-order chi connectivity index (χ1) is 9.62. The summed E-state index contributed by atoms with van der Waals surface area (Å²) >= 11 is 0. The van der Waals surface area contributed by atoms with E-state index in [4.69, 9.17) is 4.74 Å². The third-order valence-corrected chi connectivity index (χ3v) is 4.17. The summed E-state index contributed by atoms with van der Waals surface area (Å²) in [4.78, 5) is 0. The molecule has 20 heavy (non-hydrogen) atoms. The number of rotatable bonds is 7. The summed E-state index contributed by atoms with van der Waals surface area (Å²) in [5.41, 5.74) is 1.40. The van der Waals surface area contributed by atoms with Crippen molar-refractivity contribution in [3.8, 4) is 5.75 Å². The fourth-order valence-corrected chi connectivity index (χ4v) is 3.00. The van der Waals surface area contributed by atoms with Gasteiger partial charge in [-0.25, -0.2) is 0 Å². The molecule has 1 fully saturated rings. The molecule has 1 aromatic rings. The highest BCUT2D eigenvalue weighted by molar-refractivity contribution is 5.30. The van der Waals surface area contributed by atoms with Gasteiger partial charge < -0.3 is 15.2 Å². The van der Waals surface area contributed by atoms with Crippen LogP contribution in [0.25, 0.3) is 0 Å². The number of benzene rings is 1. The van der Waals surface area contributed by atoms with Crippen LogP contribution in [0.15, 0.2) is 24.3 Å². The van der Waals surface area contributed by atoms with Crippen LogP contribution in [0, 0.1) is 5.92 Å². The summed E-state index contributed by atoms with van der Waals surface area (Å²) < 4.78 is 5.19. The molecule has 0 aromatic heterocycles. The predicted octanol–water partition coefficient (Wildman–Crippen LogP) is 2.94.